The summed E-state index contributed by atoms with van der Waals surface area (Å²) in [6.07, 6.45) is -7.52. The Morgan fingerprint density at radius 3 is 1.04 bits per heavy atom. The first-order valence-electron chi connectivity index (χ1n) is 4.38. The summed E-state index contributed by atoms with van der Waals surface area (Å²) in [6.45, 7) is 0. The van der Waals surface area contributed by atoms with Gasteiger partial charge >= 0.3 is 41.8 Å². The van der Waals surface area contributed by atoms with Crippen LogP contribution in [0.3, 0.4) is 0 Å². The Labute approximate surface area is 138 Å². The summed E-state index contributed by atoms with van der Waals surface area (Å²) in [7, 11) is 0. The molecule has 0 saturated carbocycles. The van der Waals surface area contributed by atoms with E-state index in [4.69, 9.17) is 5.11 Å². The molecular weight excluding hydrogens is 386 g/mol. The summed E-state index contributed by atoms with van der Waals surface area (Å²) in [5, 5.41) is 7.55. The molecule has 0 atom stereocenters. The Morgan fingerprint density at radius 2 is 0.826 bits per heavy atom. The third-order valence-electron chi connectivity index (χ3n) is 2.20. The van der Waals surface area contributed by atoms with Gasteiger partial charge in [-0.25, -0.2) is 4.79 Å². The molecule has 2 nitrogen and oxygen atoms in total. The number of carboxylic acid groups (broad SMARTS) is 1. The number of carbonyl (C=O) groups is 1. The molecule has 0 aromatic heterocycles. The van der Waals surface area contributed by atoms with E-state index >= 15 is 0 Å². The van der Waals surface area contributed by atoms with Crippen molar-refractivity contribution >= 4 is 35.5 Å². The van der Waals surface area contributed by atoms with Crippen molar-refractivity contribution in [2.45, 2.75) is 35.8 Å². The minimum Gasteiger partial charge on any atom is -0.477 e. The SMILES string of the molecule is O=C(O)C(F)(F)C(F)(F)C(F)(F)C(F)(F)C(F)(F)C(F)(F)F.[Na]. The van der Waals surface area contributed by atoms with E-state index in [9.17, 15) is 61.9 Å². The van der Waals surface area contributed by atoms with Crippen molar-refractivity contribution < 1.29 is 67.0 Å². The van der Waals surface area contributed by atoms with Crippen LogP contribution >= 0.6 is 0 Å². The second-order valence-electron chi connectivity index (χ2n) is 3.67. The Balaban J connectivity index is 0. The second kappa shape index (κ2) is 6.13. The summed E-state index contributed by atoms with van der Waals surface area (Å²) in [6, 6.07) is 0. The number of hydrogen-bond donors (Lipinski definition) is 1. The summed E-state index contributed by atoms with van der Waals surface area (Å²) in [5.41, 5.74) is 0. The van der Waals surface area contributed by atoms with E-state index in [-0.39, 0.29) is 29.6 Å². The largest absolute Gasteiger partial charge is 0.477 e. The molecule has 0 saturated heterocycles. The predicted molar refractivity (Wildman–Crippen MR) is 44.2 cm³/mol. The topological polar surface area (TPSA) is 37.3 Å². The Bertz CT molecular complexity index is 454. The summed E-state index contributed by atoms with van der Waals surface area (Å²) in [4.78, 5) is 9.67. The van der Waals surface area contributed by atoms with Crippen LogP contribution in [0.1, 0.15) is 0 Å². The fourth-order valence-corrected chi connectivity index (χ4v) is 0.904. The minimum absolute atomic E-state index is 0. The van der Waals surface area contributed by atoms with E-state index in [1.54, 1.807) is 0 Å². The molecule has 0 aromatic rings. The van der Waals surface area contributed by atoms with Crippen molar-refractivity contribution in [3.05, 3.63) is 0 Å². The zero-order valence-electron chi connectivity index (χ0n) is 10.3. The van der Waals surface area contributed by atoms with Crippen LogP contribution in [0.2, 0.25) is 0 Å². The maximum atomic E-state index is 12.6. The molecule has 0 aliphatic rings. The van der Waals surface area contributed by atoms with Gasteiger partial charge in [-0.1, -0.05) is 0 Å². The first kappa shape index (κ1) is 24.8. The molecular formula is C7HF13NaO2. The molecule has 0 spiro atoms. The van der Waals surface area contributed by atoms with E-state index in [1.807, 2.05) is 0 Å². The van der Waals surface area contributed by atoms with Crippen molar-refractivity contribution in [2.24, 2.45) is 0 Å². The van der Waals surface area contributed by atoms with E-state index in [0.29, 0.717) is 0 Å². The fraction of sp³-hybridized carbons (Fsp3) is 0.857. The van der Waals surface area contributed by atoms with E-state index in [0.717, 1.165) is 0 Å². The van der Waals surface area contributed by atoms with Gasteiger partial charge in [0.25, 0.3) is 0 Å². The molecule has 0 amide bonds. The van der Waals surface area contributed by atoms with E-state index in [2.05, 4.69) is 0 Å². The van der Waals surface area contributed by atoms with Gasteiger partial charge in [0.2, 0.25) is 0 Å². The number of alkyl halides is 13. The smallest absolute Gasteiger partial charge is 0.460 e. The molecule has 0 fully saturated rings. The van der Waals surface area contributed by atoms with Crippen molar-refractivity contribution in [1.29, 1.82) is 0 Å². The van der Waals surface area contributed by atoms with Gasteiger partial charge < -0.3 is 5.11 Å². The fourth-order valence-electron chi connectivity index (χ4n) is 0.904. The molecule has 1 N–H and O–H groups in total. The second-order valence-corrected chi connectivity index (χ2v) is 3.67. The van der Waals surface area contributed by atoms with Crippen LogP contribution < -0.4 is 0 Å². The van der Waals surface area contributed by atoms with Crippen molar-refractivity contribution in [3.8, 4) is 0 Å². The van der Waals surface area contributed by atoms with Gasteiger partial charge in [0.05, 0.1) is 0 Å². The van der Waals surface area contributed by atoms with Crippen LogP contribution in [0.15, 0.2) is 0 Å². The Kier molecular flexibility index (Phi) is 6.61. The molecule has 0 aromatic carbocycles. The molecule has 16 heteroatoms. The van der Waals surface area contributed by atoms with Crippen molar-refractivity contribution in [2.75, 3.05) is 0 Å². The maximum absolute atomic E-state index is 12.6. The first-order valence-corrected chi connectivity index (χ1v) is 4.38. The standard InChI is InChI=1S/C7HF13O2.Na/c8-2(9,1(21)22)3(10,11)4(12,13)5(14,15)6(16,17)7(18,19)20;/h(H,21,22);. The number of aliphatic carboxylic acids is 1. The number of carboxylic acids is 1. The van der Waals surface area contributed by atoms with Crippen LogP contribution in [-0.4, -0.2) is 76.4 Å². The van der Waals surface area contributed by atoms with Crippen molar-refractivity contribution in [1.82, 2.24) is 0 Å². The zero-order valence-corrected chi connectivity index (χ0v) is 12.3. The monoisotopic (exact) mass is 387 g/mol. The molecule has 23 heavy (non-hydrogen) atoms. The van der Waals surface area contributed by atoms with Gasteiger partial charge in [0.15, 0.2) is 0 Å². The maximum Gasteiger partial charge on any atom is 0.460 e. The predicted octanol–water partition coefficient (Wildman–Crippen LogP) is 3.43. The van der Waals surface area contributed by atoms with Gasteiger partial charge in [0, 0.05) is 29.6 Å². The van der Waals surface area contributed by atoms with Gasteiger partial charge in [-0.15, -0.1) is 0 Å². The van der Waals surface area contributed by atoms with Crippen LogP contribution in [0.4, 0.5) is 57.1 Å². The number of hydrogen-bond acceptors (Lipinski definition) is 1. The molecule has 0 rings (SSSR count). The average molecular weight is 387 g/mol. The molecule has 0 aliphatic carbocycles. The van der Waals surface area contributed by atoms with Gasteiger partial charge in [-0.3, -0.25) is 0 Å². The van der Waals surface area contributed by atoms with Crippen LogP contribution in [0, 0.1) is 0 Å². The molecule has 0 aliphatic heterocycles. The van der Waals surface area contributed by atoms with E-state index < -0.39 is 41.8 Å². The summed E-state index contributed by atoms with van der Waals surface area (Å²) in [5.74, 6) is -43.0. The quantitative estimate of drug-likeness (QED) is 0.580. The van der Waals surface area contributed by atoms with Gasteiger partial charge in [-0.2, -0.15) is 57.1 Å². The first-order chi connectivity index (χ1) is 9.19. The summed E-state index contributed by atoms with van der Waals surface area (Å²) < 4.78 is 159. The Morgan fingerprint density at radius 1 is 0.565 bits per heavy atom. The third kappa shape index (κ3) is 3.23. The van der Waals surface area contributed by atoms with Crippen molar-refractivity contribution in [3.63, 3.8) is 0 Å². The number of halogens is 13. The van der Waals surface area contributed by atoms with Gasteiger partial charge in [-0.05, 0) is 0 Å². The molecule has 1 radical (unpaired) electrons. The Hall–Kier alpha value is -0.440. The molecule has 133 valence electrons. The number of rotatable bonds is 5. The minimum atomic E-state index is -8.08. The normalized spacial score (nSPS) is 15.2. The van der Waals surface area contributed by atoms with Crippen LogP contribution in [0.25, 0.3) is 0 Å². The zero-order chi connectivity index (χ0) is 18.6. The van der Waals surface area contributed by atoms with E-state index in [1.165, 1.54) is 0 Å². The van der Waals surface area contributed by atoms with Crippen LogP contribution in [-0.2, 0) is 4.79 Å². The van der Waals surface area contributed by atoms with Gasteiger partial charge in [0.1, 0.15) is 0 Å². The summed E-state index contributed by atoms with van der Waals surface area (Å²) >= 11 is 0. The third-order valence-corrected chi connectivity index (χ3v) is 2.20. The van der Waals surface area contributed by atoms with Crippen LogP contribution in [0.5, 0.6) is 0 Å². The molecule has 0 bridgehead atoms. The molecule has 0 unspecified atom stereocenters. The average Bonchev–Trinajstić information content (AvgIpc) is 2.25. The molecule has 0 heterocycles.